The maximum absolute atomic E-state index is 9.22. The van der Waals surface area contributed by atoms with Crippen LogP contribution in [0.4, 0.5) is 0 Å². The van der Waals surface area contributed by atoms with E-state index in [-0.39, 0.29) is 9.84 Å². The molecule has 0 fully saturated rings. The molecule has 0 saturated carbocycles. The van der Waals surface area contributed by atoms with Crippen molar-refractivity contribution in [1.82, 2.24) is 0 Å². The predicted octanol–water partition coefficient (Wildman–Crippen LogP) is 5.31. The van der Waals surface area contributed by atoms with Gasteiger partial charge in [0.25, 0.3) is 0 Å². The van der Waals surface area contributed by atoms with Crippen LogP contribution in [0.5, 0.6) is 0 Å². The Kier molecular flexibility index (Phi) is 9.08. The highest BCUT2D eigenvalue weighted by molar-refractivity contribution is 9.30. The second-order valence-electron chi connectivity index (χ2n) is 3.73. The van der Waals surface area contributed by atoms with Crippen LogP contribution >= 0.6 is 63.7 Å². The van der Waals surface area contributed by atoms with Gasteiger partial charge in [0.2, 0.25) is 0 Å². The van der Waals surface area contributed by atoms with Crippen molar-refractivity contribution in [3.8, 4) is 0 Å². The monoisotopic (exact) mass is 470 g/mol. The summed E-state index contributed by atoms with van der Waals surface area (Å²) in [5, 5.41) is 9.22. The number of aliphatic hydroxyl groups excluding tert-OH is 1. The van der Waals surface area contributed by atoms with Crippen LogP contribution in [0, 0.1) is 0 Å². The van der Waals surface area contributed by atoms with E-state index in [1.165, 1.54) is 25.7 Å². The lowest BCUT2D eigenvalue weighted by Crippen LogP contribution is -2.37. The van der Waals surface area contributed by atoms with E-state index in [1.54, 1.807) is 0 Å². The number of halogens is 4. The largest absolute Gasteiger partial charge is 0.394 e. The van der Waals surface area contributed by atoms with Crippen LogP contribution in [0.25, 0.3) is 0 Å². The molecule has 1 N–H and O–H groups in total. The summed E-state index contributed by atoms with van der Waals surface area (Å²) in [6.45, 7) is 2.24. The molecule has 92 valence electrons. The van der Waals surface area contributed by atoms with Gasteiger partial charge in [0.1, 0.15) is 6.47 Å². The molecule has 0 atom stereocenters. The molecule has 0 heterocycles. The summed E-state index contributed by atoms with van der Waals surface area (Å²) in [5.41, 5.74) is 0. The van der Waals surface area contributed by atoms with Crippen LogP contribution in [-0.4, -0.2) is 18.2 Å². The normalized spacial score (nSPS) is 13.2. The lowest BCUT2D eigenvalue weighted by molar-refractivity contribution is 0.282. The van der Waals surface area contributed by atoms with Crippen molar-refractivity contribution in [2.75, 3.05) is 6.61 Å². The Morgan fingerprint density at radius 3 is 1.87 bits per heavy atom. The van der Waals surface area contributed by atoms with Crippen molar-refractivity contribution in [1.29, 1.82) is 0 Å². The second kappa shape index (κ2) is 8.06. The zero-order chi connectivity index (χ0) is 11.9. The SMILES string of the molecule is CCCCCCCC(Br)(Br)C(Br)(Br)CO. The van der Waals surface area contributed by atoms with E-state index < -0.39 is 3.23 Å². The predicted molar refractivity (Wildman–Crippen MR) is 81.6 cm³/mol. The molecule has 0 aromatic carbocycles. The third kappa shape index (κ3) is 6.39. The van der Waals surface area contributed by atoms with Crippen molar-refractivity contribution >= 4 is 63.7 Å². The summed E-state index contributed by atoms with van der Waals surface area (Å²) in [4.78, 5) is 0. The average Bonchev–Trinajstić information content (AvgIpc) is 2.17. The third-order valence-corrected chi connectivity index (χ3v) is 8.46. The van der Waals surface area contributed by atoms with E-state index in [9.17, 15) is 5.11 Å². The number of aliphatic hydroxyl groups is 1. The van der Waals surface area contributed by atoms with Gasteiger partial charge in [-0.2, -0.15) is 0 Å². The number of unbranched alkanes of at least 4 members (excludes halogenated alkanes) is 4. The Morgan fingerprint density at radius 2 is 1.40 bits per heavy atom. The van der Waals surface area contributed by atoms with Gasteiger partial charge >= 0.3 is 0 Å². The standard InChI is InChI=1S/C10H18Br4O/c1-2-3-4-5-6-7-9(11,12)10(13,14)8-15/h15H,2-8H2,1H3. The first-order chi connectivity index (χ1) is 6.87. The topological polar surface area (TPSA) is 20.2 Å². The number of rotatable bonds is 8. The molecule has 0 rings (SSSR count). The minimum atomic E-state index is -0.502. The average molecular weight is 474 g/mol. The molecule has 0 unspecified atom stereocenters. The highest BCUT2D eigenvalue weighted by atomic mass is 79.9. The van der Waals surface area contributed by atoms with E-state index in [1.807, 2.05) is 0 Å². The molecule has 1 nitrogen and oxygen atoms in total. The van der Waals surface area contributed by atoms with Gasteiger partial charge in [-0.25, -0.2) is 0 Å². The molecule has 0 bridgehead atoms. The fourth-order valence-corrected chi connectivity index (χ4v) is 2.46. The molecule has 0 aliphatic rings. The van der Waals surface area contributed by atoms with Gasteiger partial charge in [-0.05, 0) is 6.42 Å². The highest BCUT2D eigenvalue weighted by Crippen LogP contribution is 2.50. The minimum Gasteiger partial charge on any atom is -0.394 e. The van der Waals surface area contributed by atoms with Crippen molar-refractivity contribution in [2.24, 2.45) is 0 Å². The molecule has 0 aromatic heterocycles. The molecule has 0 spiro atoms. The molecule has 0 amide bonds. The molecular formula is C10H18Br4O. The molecule has 0 aliphatic heterocycles. The third-order valence-electron chi connectivity index (χ3n) is 2.33. The van der Waals surface area contributed by atoms with E-state index in [0.717, 1.165) is 12.8 Å². The van der Waals surface area contributed by atoms with Gasteiger partial charge in [-0.15, -0.1) is 0 Å². The van der Waals surface area contributed by atoms with Crippen LogP contribution in [0.3, 0.4) is 0 Å². The van der Waals surface area contributed by atoms with Crippen LogP contribution in [-0.2, 0) is 0 Å². The first kappa shape index (κ1) is 16.9. The van der Waals surface area contributed by atoms with Crippen molar-refractivity contribution in [2.45, 2.75) is 51.9 Å². The van der Waals surface area contributed by atoms with Crippen molar-refractivity contribution < 1.29 is 5.11 Å². The lowest BCUT2D eigenvalue weighted by atomic mass is 10.1. The summed E-state index contributed by atoms with van der Waals surface area (Å²) >= 11 is 14.1. The summed E-state index contributed by atoms with van der Waals surface area (Å²) in [6.07, 6.45) is 7.23. The summed E-state index contributed by atoms with van der Waals surface area (Å²) in [6, 6.07) is 0. The Hall–Kier alpha value is 1.88. The second-order valence-corrected chi connectivity index (χ2v) is 11.3. The molecule has 5 heteroatoms. The number of hydrogen-bond acceptors (Lipinski definition) is 1. The maximum Gasteiger partial charge on any atom is 0.128 e. The molecular weight excluding hydrogens is 456 g/mol. The Balaban J connectivity index is 3.84. The first-order valence-corrected chi connectivity index (χ1v) is 8.41. The highest BCUT2D eigenvalue weighted by Gasteiger charge is 2.43. The molecule has 0 aromatic rings. The number of hydrogen-bond donors (Lipinski definition) is 1. The Morgan fingerprint density at radius 1 is 0.867 bits per heavy atom. The van der Waals surface area contributed by atoms with E-state index in [0.29, 0.717) is 0 Å². The fourth-order valence-electron chi connectivity index (χ4n) is 1.25. The van der Waals surface area contributed by atoms with Gasteiger partial charge in [-0.3, -0.25) is 0 Å². The van der Waals surface area contributed by atoms with Crippen LogP contribution < -0.4 is 0 Å². The lowest BCUT2D eigenvalue weighted by Gasteiger charge is -2.33. The van der Waals surface area contributed by atoms with Crippen molar-refractivity contribution in [3.63, 3.8) is 0 Å². The van der Waals surface area contributed by atoms with Gasteiger partial charge in [0.15, 0.2) is 0 Å². The van der Waals surface area contributed by atoms with Crippen molar-refractivity contribution in [3.05, 3.63) is 0 Å². The van der Waals surface area contributed by atoms with E-state index in [4.69, 9.17) is 0 Å². The quantitative estimate of drug-likeness (QED) is 0.374. The van der Waals surface area contributed by atoms with Crippen LogP contribution in [0.2, 0.25) is 0 Å². The maximum atomic E-state index is 9.22. The summed E-state index contributed by atoms with van der Waals surface area (Å²) in [7, 11) is 0. The van der Waals surface area contributed by atoms with Gasteiger partial charge < -0.3 is 5.11 Å². The summed E-state index contributed by atoms with van der Waals surface area (Å²) in [5.74, 6) is 0. The van der Waals surface area contributed by atoms with Crippen LogP contribution in [0.1, 0.15) is 45.4 Å². The zero-order valence-corrected chi connectivity index (χ0v) is 15.3. The minimum absolute atomic E-state index is 0.0263. The fraction of sp³-hybridized carbons (Fsp3) is 1.00. The Bertz CT molecular complexity index is 171. The summed E-state index contributed by atoms with van der Waals surface area (Å²) < 4.78 is -0.800. The molecule has 0 saturated heterocycles. The van der Waals surface area contributed by atoms with E-state index >= 15 is 0 Å². The first-order valence-electron chi connectivity index (χ1n) is 5.24. The van der Waals surface area contributed by atoms with Gasteiger partial charge in [0, 0.05) is 0 Å². The van der Waals surface area contributed by atoms with E-state index in [2.05, 4.69) is 70.6 Å². The molecule has 15 heavy (non-hydrogen) atoms. The number of alkyl halides is 4. The van der Waals surface area contributed by atoms with Gasteiger partial charge in [-0.1, -0.05) is 103 Å². The zero-order valence-electron chi connectivity index (χ0n) is 8.91. The molecule has 0 radical (unpaired) electrons. The Labute approximate surface area is 126 Å². The smallest absolute Gasteiger partial charge is 0.128 e. The van der Waals surface area contributed by atoms with Crippen LogP contribution in [0.15, 0.2) is 0 Å². The molecule has 0 aliphatic carbocycles. The van der Waals surface area contributed by atoms with Gasteiger partial charge in [0.05, 0.1) is 6.61 Å².